The van der Waals surface area contributed by atoms with Crippen LogP contribution in [0.15, 0.2) is 18.2 Å². The largest absolute Gasteiger partial charge is 0.322 e. The monoisotopic (exact) mass is 260 g/mol. The van der Waals surface area contributed by atoms with Gasteiger partial charge in [0.05, 0.1) is 0 Å². The molecule has 1 aromatic carbocycles. The van der Waals surface area contributed by atoms with E-state index >= 15 is 0 Å². The summed E-state index contributed by atoms with van der Waals surface area (Å²) in [7, 11) is 0. The molecule has 0 bridgehead atoms. The molecule has 0 saturated carbocycles. The SMILES string of the molecule is Cc1ccc(C(N)CN2C(=O)CCCC2=O)cc1C. The smallest absolute Gasteiger partial charge is 0.229 e. The first-order chi connectivity index (χ1) is 8.99. The lowest BCUT2D eigenvalue weighted by atomic mass is 10.0. The Balaban J connectivity index is 2.11. The van der Waals surface area contributed by atoms with Gasteiger partial charge in [-0.15, -0.1) is 0 Å². The Kier molecular flexibility index (Phi) is 4.00. The van der Waals surface area contributed by atoms with Gasteiger partial charge in [0.2, 0.25) is 11.8 Å². The molecule has 1 aliphatic rings. The first-order valence-corrected chi connectivity index (χ1v) is 6.65. The van der Waals surface area contributed by atoms with Gasteiger partial charge in [0, 0.05) is 25.4 Å². The van der Waals surface area contributed by atoms with Crippen molar-refractivity contribution in [2.24, 2.45) is 5.73 Å². The number of amides is 2. The van der Waals surface area contributed by atoms with Crippen molar-refractivity contribution in [2.75, 3.05) is 6.54 Å². The minimum Gasteiger partial charge on any atom is -0.322 e. The van der Waals surface area contributed by atoms with Crippen LogP contribution in [0.25, 0.3) is 0 Å². The minimum absolute atomic E-state index is 0.101. The zero-order valence-corrected chi connectivity index (χ0v) is 11.5. The lowest BCUT2D eigenvalue weighted by Gasteiger charge is -2.27. The summed E-state index contributed by atoms with van der Waals surface area (Å²) >= 11 is 0. The molecule has 1 fully saturated rings. The molecule has 1 saturated heterocycles. The van der Waals surface area contributed by atoms with Crippen LogP contribution in [0, 0.1) is 13.8 Å². The van der Waals surface area contributed by atoms with Crippen molar-refractivity contribution in [3.05, 3.63) is 34.9 Å². The van der Waals surface area contributed by atoms with Gasteiger partial charge in [-0.1, -0.05) is 18.2 Å². The third kappa shape index (κ3) is 3.01. The van der Waals surface area contributed by atoms with Crippen LogP contribution >= 0.6 is 0 Å². The number of likely N-dealkylation sites (tertiary alicyclic amines) is 1. The van der Waals surface area contributed by atoms with Crippen molar-refractivity contribution in [3.63, 3.8) is 0 Å². The van der Waals surface area contributed by atoms with E-state index in [0.29, 0.717) is 19.3 Å². The van der Waals surface area contributed by atoms with Crippen molar-refractivity contribution >= 4 is 11.8 Å². The van der Waals surface area contributed by atoms with E-state index in [1.54, 1.807) is 0 Å². The molecule has 2 rings (SSSR count). The number of nitrogens with two attached hydrogens (primary N) is 1. The van der Waals surface area contributed by atoms with Crippen LogP contribution < -0.4 is 5.73 Å². The summed E-state index contributed by atoms with van der Waals surface area (Å²) in [5, 5.41) is 0. The van der Waals surface area contributed by atoms with Crippen molar-refractivity contribution in [2.45, 2.75) is 39.2 Å². The average Bonchev–Trinajstić information content (AvgIpc) is 2.37. The van der Waals surface area contributed by atoms with Crippen LogP contribution in [-0.2, 0) is 9.59 Å². The van der Waals surface area contributed by atoms with Crippen LogP contribution in [-0.4, -0.2) is 23.3 Å². The summed E-state index contributed by atoms with van der Waals surface area (Å²) in [4.78, 5) is 24.8. The van der Waals surface area contributed by atoms with E-state index < -0.39 is 0 Å². The van der Waals surface area contributed by atoms with Gasteiger partial charge in [0.15, 0.2) is 0 Å². The Labute approximate surface area is 113 Å². The van der Waals surface area contributed by atoms with E-state index in [4.69, 9.17) is 5.73 Å². The van der Waals surface area contributed by atoms with Crippen LogP contribution in [0.5, 0.6) is 0 Å². The van der Waals surface area contributed by atoms with Crippen LogP contribution in [0.3, 0.4) is 0 Å². The summed E-state index contributed by atoms with van der Waals surface area (Å²) in [6, 6.07) is 5.69. The fraction of sp³-hybridized carbons (Fsp3) is 0.467. The Bertz CT molecular complexity index is 495. The second-order valence-electron chi connectivity index (χ2n) is 5.20. The van der Waals surface area contributed by atoms with Crippen LogP contribution in [0.4, 0.5) is 0 Å². The highest BCUT2D eigenvalue weighted by Crippen LogP contribution is 2.19. The lowest BCUT2D eigenvalue weighted by Crippen LogP contribution is -2.43. The molecular weight excluding hydrogens is 240 g/mol. The summed E-state index contributed by atoms with van der Waals surface area (Å²) in [6.45, 7) is 4.35. The number of nitrogens with zero attached hydrogens (tertiary/aromatic N) is 1. The normalized spacial score (nSPS) is 17.7. The molecule has 2 amide bonds. The fourth-order valence-electron chi connectivity index (χ4n) is 2.30. The number of piperidine rings is 1. The molecule has 102 valence electrons. The zero-order chi connectivity index (χ0) is 14.0. The van der Waals surface area contributed by atoms with Crippen LogP contribution in [0.2, 0.25) is 0 Å². The van der Waals surface area contributed by atoms with Gasteiger partial charge >= 0.3 is 0 Å². The summed E-state index contributed by atoms with van der Waals surface area (Å²) in [6.07, 6.45) is 1.56. The van der Waals surface area contributed by atoms with E-state index in [1.165, 1.54) is 16.0 Å². The maximum atomic E-state index is 11.7. The fourth-order valence-corrected chi connectivity index (χ4v) is 2.30. The zero-order valence-electron chi connectivity index (χ0n) is 11.5. The van der Waals surface area contributed by atoms with Crippen molar-refractivity contribution in [3.8, 4) is 0 Å². The number of carbonyl (C=O) groups is 2. The van der Waals surface area contributed by atoms with Gasteiger partial charge in [0.1, 0.15) is 0 Å². The Hall–Kier alpha value is -1.68. The van der Waals surface area contributed by atoms with Gasteiger partial charge < -0.3 is 5.73 Å². The molecule has 1 atom stereocenters. The number of benzene rings is 1. The van der Waals surface area contributed by atoms with Crippen molar-refractivity contribution in [1.29, 1.82) is 0 Å². The maximum absolute atomic E-state index is 11.7. The van der Waals surface area contributed by atoms with Gasteiger partial charge in [-0.25, -0.2) is 0 Å². The summed E-state index contributed by atoms with van der Waals surface area (Å²) in [5.74, 6) is -0.203. The highest BCUT2D eigenvalue weighted by molar-refractivity contribution is 5.97. The van der Waals surface area contributed by atoms with E-state index in [9.17, 15) is 9.59 Å². The Morgan fingerprint density at radius 3 is 2.37 bits per heavy atom. The minimum atomic E-state index is -0.315. The molecule has 0 spiro atoms. The number of hydrogen-bond acceptors (Lipinski definition) is 3. The molecule has 1 aliphatic heterocycles. The quantitative estimate of drug-likeness (QED) is 0.843. The second-order valence-corrected chi connectivity index (χ2v) is 5.20. The molecular formula is C15H20N2O2. The van der Waals surface area contributed by atoms with Crippen molar-refractivity contribution < 1.29 is 9.59 Å². The van der Waals surface area contributed by atoms with Crippen molar-refractivity contribution in [1.82, 2.24) is 4.90 Å². The molecule has 4 nitrogen and oxygen atoms in total. The number of aryl methyl sites for hydroxylation is 2. The average molecular weight is 260 g/mol. The Morgan fingerprint density at radius 1 is 1.16 bits per heavy atom. The molecule has 4 heteroatoms. The molecule has 1 unspecified atom stereocenters. The molecule has 0 aliphatic carbocycles. The van der Waals surface area contributed by atoms with E-state index in [-0.39, 0.29) is 24.4 Å². The third-order valence-electron chi connectivity index (χ3n) is 3.72. The topological polar surface area (TPSA) is 63.4 Å². The van der Waals surface area contributed by atoms with Gasteiger partial charge in [0.25, 0.3) is 0 Å². The first kappa shape index (κ1) is 13.7. The maximum Gasteiger partial charge on any atom is 0.229 e. The summed E-state index contributed by atoms with van der Waals surface area (Å²) < 4.78 is 0. The molecule has 19 heavy (non-hydrogen) atoms. The van der Waals surface area contributed by atoms with E-state index in [2.05, 4.69) is 0 Å². The highest BCUT2D eigenvalue weighted by atomic mass is 16.2. The predicted octanol–water partition coefficient (Wildman–Crippen LogP) is 1.84. The van der Waals surface area contributed by atoms with Gasteiger partial charge in [-0.3, -0.25) is 14.5 Å². The lowest BCUT2D eigenvalue weighted by molar-refractivity contribution is -0.148. The first-order valence-electron chi connectivity index (χ1n) is 6.65. The molecule has 0 radical (unpaired) electrons. The summed E-state index contributed by atoms with van der Waals surface area (Å²) in [5.41, 5.74) is 9.47. The number of imide groups is 1. The van der Waals surface area contributed by atoms with Gasteiger partial charge in [-0.05, 0) is 37.0 Å². The predicted molar refractivity (Wildman–Crippen MR) is 73.4 cm³/mol. The Morgan fingerprint density at radius 2 is 1.79 bits per heavy atom. The number of rotatable bonds is 3. The van der Waals surface area contributed by atoms with Gasteiger partial charge in [-0.2, -0.15) is 0 Å². The molecule has 2 N–H and O–H groups in total. The van der Waals surface area contributed by atoms with Crippen LogP contribution in [0.1, 0.15) is 42.0 Å². The highest BCUT2D eigenvalue weighted by Gasteiger charge is 2.27. The number of hydrogen-bond donors (Lipinski definition) is 1. The standard InChI is InChI=1S/C15H20N2O2/c1-10-6-7-12(8-11(10)2)13(16)9-17-14(18)4-3-5-15(17)19/h6-8,13H,3-5,9,16H2,1-2H3. The third-order valence-corrected chi connectivity index (χ3v) is 3.72. The second kappa shape index (κ2) is 5.53. The molecule has 0 aromatic heterocycles. The number of carbonyl (C=O) groups excluding carboxylic acids is 2. The molecule has 1 heterocycles. The molecule has 1 aromatic rings. The van der Waals surface area contributed by atoms with E-state index in [1.807, 2.05) is 32.0 Å². The van der Waals surface area contributed by atoms with E-state index in [0.717, 1.165) is 5.56 Å².